The van der Waals surface area contributed by atoms with Crippen LogP contribution in [0.2, 0.25) is 5.02 Å². The summed E-state index contributed by atoms with van der Waals surface area (Å²) >= 11 is 6.94. The molecule has 0 fully saturated rings. The number of aromatic nitrogens is 3. The van der Waals surface area contributed by atoms with Gasteiger partial charge in [0.05, 0.1) is 21.7 Å². The van der Waals surface area contributed by atoms with Gasteiger partial charge in [0.2, 0.25) is 5.78 Å². The number of ketones is 1. The topological polar surface area (TPSA) is 65.3 Å². The van der Waals surface area contributed by atoms with Crippen molar-refractivity contribution in [3.05, 3.63) is 94.5 Å². The maximum atomic E-state index is 14.0. The summed E-state index contributed by atoms with van der Waals surface area (Å²) in [6.07, 6.45) is 1.72. The number of carbonyl (C=O) groups is 1. The van der Waals surface area contributed by atoms with Crippen molar-refractivity contribution < 1.29 is 13.6 Å². The van der Waals surface area contributed by atoms with E-state index in [4.69, 9.17) is 17.3 Å². The Labute approximate surface area is 205 Å². The number of allylic oxidation sites excluding steroid dienone is 1. The first-order valence-corrected chi connectivity index (χ1v) is 11.2. The summed E-state index contributed by atoms with van der Waals surface area (Å²) in [5.41, 5.74) is 10.3. The van der Waals surface area contributed by atoms with Crippen LogP contribution >= 0.6 is 11.6 Å². The van der Waals surface area contributed by atoms with E-state index in [2.05, 4.69) is 11.6 Å². The smallest absolute Gasteiger partial charge is 0.209 e. The lowest BCUT2D eigenvalue weighted by atomic mass is 9.94. The minimum Gasteiger partial charge on any atom is -0.394 e. The number of hydrogen-bond acceptors (Lipinski definition) is 3. The minimum absolute atomic E-state index is 0.134. The van der Waals surface area contributed by atoms with E-state index in [1.54, 1.807) is 28.8 Å². The number of fused-ring (bicyclic) bond motifs is 2. The molecule has 2 aromatic carbocycles. The van der Waals surface area contributed by atoms with Gasteiger partial charge >= 0.3 is 0 Å². The molecule has 2 N–H and O–H groups in total. The van der Waals surface area contributed by atoms with E-state index in [-0.39, 0.29) is 11.3 Å². The van der Waals surface area contributed by atoms with Crippen molar-refractivity contribution in [1.29, 1.82) is 0 Å². The zero-order chi connectivity index (χ0) is 25.2. The highest BCUT2D eigenvalue weighted by atomic mass is 35.5. The normalized spacial score (nSPS) is 11.5. The molecule has 0 saturated heterocycles. The average molecular weight is 491 g/mol. The van der Waals surface area contributed by atoms with Crippen molar-refractivity contribution in [1.82, 2.24) is 14.0 Å². The van der Waals surface area contributed by atoms with Crippen molar-refractivity contribution in [2.45, 2.75) is 13.8 Å². The molecule has 5 rings (SSSR count). The molecule has 0 bridgehead atoms. The van der Waals surface area contributed by atoms with E-state index in [1.165, 1.54) is 0 Å². The third-order valence-corrected chi connectivity index (χ3v) is 6.70. The van der Waals surface area contributed by atoms with Gasteiger partial charge in [0.15, 0.2) is 0 Å². The summed E-state index contributed by atoms with van der Waals surface area (Å²) in [7, 11) is 1.93. The summed E-state index contributed by atoms with van der Waals surface area (Å²) in [6.45, 7) is 7.95. The molecule has 0 aliphatic heterocycles. The number of nitrogens with two attached hydrogens (primary N) is 1. The maximum Gasteiger partial charge on any atom is 0.209 e. The van der Waals surface area contributed by atoms with Gasteiger partial charge in [0.25, 0.3) is 0 Å². The molecule has 0 saturated carbocycles. The van der Waals surface area contributed by atoms with Crippen LogP contribution in [0.3, 0.4) is 0 Å². The Morgan fingerprint density at radius 3 is 2.46 bits per heavy atom. The van der Waals surface area contributed by atoms with Gasteiger partial charge in [0.1, 0.15) is 28.7 Å². The first-order chi connectivity index (χ1) is 16.6. The van der Waals surface area contributed by atoms with Crippen molar-refractivity contribution in [3.8, 4) is 11.1 Å². The number of rotatable bonds is 4. The summed E-state index contributed by atoms with van der Waals surface area (Å²) < 4.78 is 31.7. The quantitative estimate of drug-likeness (QED) is 0.228. The minimum atomic E-state index is -0.980. The van der Waals surface area contributed by atoms with Gasteiger partial charge in [-0.3, -0.25) is 4.79 Å². The molecule has 0 unspecified atom stereocenters. The Bertz CT molecular complexity index is 1690. The molecule has 5 nitrogen and oxygen atoms in total. The van der Waals surface area contributed by atoms with Crippen molar-refractivity contribution in [3.63, 3.8) is 0 Å². The number of hydrogen-bond donors (Lipinski definition) is 1. The van der Waals surface area contributed by atoms with E-state index < -0.39 is 23.1 Å². The molecule has 3 aromatic heterocycles. The zero-order valence-electron chi connectivity index (χ0n) is 19.3. The number of pyridine rings is 1. The van der Waals surface area contributed by atoms with Gasteiger partial charge in [-0.25, -0.2) is 13.8 Å². The molecule has 0 amide bonds. The van der Waals surface area contributed by atoms with Gasteiger partial charge in [-0.1, -0.05) is 29.8 Å². The van der Waals surface area contributed by atoms with Crippen LogP contribution < -0.4 is 5.73 Å². The van der Waals surface area contributed by atoms with E-state index in [0.29, 0.717) is 16.1 Å². The second-order valence-electron chi connectivity index (χ2n) is 8.56. The predicted molar refractivity (Wildman–Crippen MR) is 136 cm³/mol. The third-order valence-electron chi connectivity index (χ3n) is 6.34. The number of benzene rings is 2. The van der Waals surface area contributed by atoms with E-state index in [9.17, 15) is 13.6 Å². The number of anilines is 1. The van der Waals surface area contributed by atoms with Crippen LogP contribution in [0.25, 0.3) is 33.3 Å². The fraction of sp³-hybridized carbons (Fsp3) is 0.111. The molecule has 0 aliphatic carbocycles. The molecule has 35 heavy (non-hydrogen) atoms. The van der Waals surface area contributed by atoms with Gasteiger partial charge in [0, 0.05) is 29.9 Å². The molecule has 0 aliphatic rings. The number of nitrogen functional groups attached to an aromatic ring is 1. The van der Waals surface area contributed by atoms with E-state index in [0.717, 1.165) is 45.7 Å². The van der Waals surface area contributed by atoms with Crippen LogP contribution in [-0.2, 0) is 7.05 Å². The second-order valence-corrected chi connectivity index (χ2v) is 8.94. The van der Waals surface area contributed by atoms with E-state index >= 15 is 0 Å². The first kappa shape index (κ1) is 22.8. The van der Waals surface area contributed by atoms with Crippen molar-refractivity contribution in [2.75, 3.05) is 5.73 Å². The highest BCUT2D eigenvalue weighted by Crippen LogP contribution is 2.41. The molecule has 5 aromatic rings. The molecule has 176 valence electrons. The van der Waals surface area contributed by atoms with Crippen molar-refractivity contribution in [2.24, 2.45) is 7.05 Å². The molecule has 0 spiro atoms. The van der Waals surface area contributed by atoms with Gasteiger partial charge < -0.3 is 14.7 Å². The molecule has 3 heterocycles. The number of aryl methyl sites for hydroxylation is 2. The fourth-order valence-corrected chi connectivity index (χ4v) is 4.74. The van der Waals surface area contributed by atoms with E-state index in [1.807, 2.05) is 37.6 Å². The average Bonchev–Trinajstić information content (AvgIpc) is 3.38. The van der Waals surface area contributed by atoms with Crippen LogP contribution in [0.4, 0.5) is 14.5 Å². The number of nitrogens with zero attached hydrogens (tertiary/aromatic N) is 3. The monoisotopic (exact) mass is 490 g/mol. The molecule has 0 atom stereocenters. The highest BCUT2D eigenvalue weighted by molar-refractivity contribution is 6.38. The Morgan fingerprint density at radius 2 is 1.80 bits per heavy atom. The molecular formula is C27H21ClF2N4O. The van der Waals surface area contributed by atoms with Gasteiger partial charge in [-0.2, -0.15) is 0 Å². The first-order valence-electron chi connectivity index (χ1n) is 10.8. The molecule has 8 heteroatoms. The number of imidazole rings is 1. The van der Waals surface area contributed by atoms with Crippen LogP contribution in [0.5, 0.6) is 0 Å². The standard InChI is InChI=1S/C27H21ClF2N4O/c1-13(2)17-12-22-26(32-14(3)33(22)4)24(28)23(17)16-6-5-9-34-20(16)7-8-21(34)27(35)15-10-18(29)25(31)19(30)11-15/h5-12H,1,31H2,2-4H3. The largest absolute Gasteiger partial charge is 0.394 e. The highest BCUT2D eigenvalue weighted by Gasteiger charge is 2.22. The lowest BCUT2D eigenvalue weighted by Gasteiger charge is -2.15. The van der Waals surface area contributed by atoms with Crippen LogP contribution in [0.15, 0.2) is 55.2 Å². The van der Waals surface area contributed by atoms with Crippen LogP contribution in [0.1, 0.15) is 34.4 Å². The Hall–Kier alpha value is -3.97. The van der Waals surface area contributed by atoms with Crippen molar-refractivity contribution >= 4 is 45.2 Å². The van der Waals surface area contributed by atoms with Crippen LogP contribution in [0, 0.1) is 18.6 Å². The Balaban J connectivity index is 1.75. The summed E-state index contributed by atoms with van der Waals surface area (Å²) in [5.74, 6) is -1.68. The SMILES string of the molecule is C=C(C)c1cc2c(nc(C)n2C)c(Cl)c1-c1cccn2c(C(=O)c3cc(F)c(N)c(F)c3)ccc12. The molecule has 0 radical (unpaired) electrons. The fourth-order valence-electron chi connectivity index (χ4n) is 4.40. The van der Waals surface area contributed by atoms with Crippen LogP contribution in [-0.4, -0.2) is 19.7 Å². The Kier molecular flexibility index (Phi) is 5.25. The number of halogens is 3. The number of carbonyl (C=O) groups excluding carboxylic acids is 1. The summed E-state index contributed by atoms with van der Waals surface area (Å²) in [6, 6.07) is 11.0. The maximum absolute atomic E-state index is 14.0. The lowest BCUT2D eigenvalue weighted by Crippen LogP contribution is -2.08. The Morgan fingerprint density at radius 1 is 1.11 bits per heavy atom. The third kappa shape index (κ3) is 3.42. The molecular weight excluding hydrogens is 470 g/mol. The predicted octanol–water partition coefficient (Wildman–Crippen LogP) is 6.58. The summed E-state index contributed by atoms with van der Waals surface area (Å²) in [4.78, 5) is 17.8. The zero-order valence-corrected chi connectivity index (χ0v) is 20.0. The van der Waals surface area contributed by atoms with Gasteiger partial charge in [-0.15, -0.1) is 0 Å². The van der Waals surface area contributed by atoms with Gasteiger partial charge in [-0.05, 0) is 55.8 Å². The second kappa shape index (κ2) is 8.06. The lowest BCUT2D eigenvalue weighted by molar-refractivity contribution is 0.103. The summed E-state index contributed by atoms with van der Waals surface area (Å²) in [5, 5.41) is 0.481.